The molecule has 10 heteroatoms. The number of ether oxygens (including phenoxy) is 1. The van der Waals surface area contributed by atoms with Crippen LogP contribution in [0.3, 0.4) is 0 Å². The molecule has 1 saturated heterocycles. The summed E-state index contributed by atoms with van der Waals surface area (Å²) >= 11 is 0. The zero-order valence-corrected chi connectivity index (χ0v) is 16.5. The minimum absolute atomic E-state index is 0.0343. The molecular weight excluding hydrogens is 401 g/mol. The fraction of sp³-hybridized carbons (Fsp3) is 0.450. The van der Waals surface area contributed by atoms with Gasteiger partial charge in [0.05, 0.1) is 5.56 Å². The third-order valence-electron chi connectivity index (χ3n) is 4.78. The summed E-state index contributed by atoms with van der Waals surface area (Å²) < 4.78 is 44.9. The lowest BCUT2D eigenvalue weighted by molar-refractivity contribution is -0.137. The summed E-state index contributed by atoms with van der Waals surface area (Å²) in [7, 11) is 0. The molecule has 2 amide bonds. The molecule has 2 aromatic rings. The number of alkyl halides is 3. The molecule has 0 saturated carbocycles. The molecule has 1 N–H and O–H groups in total. The van der Waals surface area contributed by atoms with Crippen LogP contribution in [0.4, 0.5) is 13.2 Å². The van der Waals surface area contributed by atoms with Crippen molar-refractivity contribution in [3.05, 3.63) is 47.8 Å². The number of nitrogens with zero attached hydrogens (tertiary/aromatic N) is 3. The van der Waals surface area contributed by atoms with Gasteiger partial charge in [0.15, 0.2) is 6.73 Å². The molecule has 30 heavy (non-hydrogen) atoms. The lowest BCUT2D eigenvalue weighted by Gasteiger charge is -2.29. The van der Waals surface area contributed by atoms with Crippen molar-refractivity contribution in [2.75, 3.05) is 13.1 Å². The van der Waals surface area contributed by atoms with E-state index in [0.29, 0.717) is 13.1 Å². The quantitative estimate of drug-likeness (QED) is 0.773. The van der Waals surface area contributed by atoms with E-state index in [0.717, 1.165) is 31.4 Å². The van der Waals surface area contributed by atoms with E-state index < -0.39 is 23.7 Å². The van der Waals surface area contributed by atoms with E-state index in [-0.39, 0.29) is 24.1 Å². The minimum atomic E-state index is -4.46. The van der Waals surface area contributed by atoms with Crippen LogP contribution < -0.4 is 10.1 Å². The molecular formula is C20H23F3N4O3. The van der Waals surface area contributed by atoms with Crippen LogP contribution in [0.5, 0.6) is 5.75 Å². The van der Waals surface area contributed by atoms with Crippen LogP contribution in [0.15, 0.2) is 36.5 Å². The lowest BCUT2D eigenvalue weighted by Crippen LogP contribution is -2.48. The molecule has 1 aliphatic heterocycles. The summed E-state index contributed by atoms with van der Waals surface area (Å²) in [4.78, 5) is 26.5. The number of piperidine rings is 1. The number of carbonyl (C=O) groups excluding carboxylic acids is 2. The SMILES string of the molecule is CC(NC(=O)c1ccn(COc2cccc(C(F)(F)F)c2)n1)C(=O)N1CCCCC1. The Morgan fingerprint density at radius 2 is 1.93 bits per heavy atom. The van der Waals surface area contributed by atoms with Gasteiger partial charge in [-0.1, -0.05) is 6.07 Å². The number of hydrogen-bond donors (Lipinski definition) is 1. The normalized spacial score (nSPS) is 15.5. The molecule has 7 nitrogen and oxygen atoms in total. The van der Waals surface area contributed by atoms with Crippen LogP contribution in [0.2, 0.25) is 0 Å². The Labute approximate surface area is 171 Å². The van der Waals surface area contributed by atoms with Crippen LogP contribution in [0.1, 0.15) is 42.2 Å². The Hall–Kier alpha value is -3.04. The molecule has 162 valence electrons. The second kappa shape index (κ2) is 9.19. The van der Waals surface area contributed by atoms with Gasteiger partial charge < -0.3 is 15.0 Å². The molecule has 1 atom stereocenters. The first kappa shape index (κ1) is 21.7. The van der Waals surface area contributed by atoms with Gasteiger partial charge in [-0.05, 0) is 50.5 Å². The fourth-order valence-corrected chi connectivity index (χ4v) is 3.18. The van der Waals surface area contributed by atoms with Gasteiger partial charge in [0.25, 0.3) is 5.91 Å². The number of likely N-dealkylation sites (tertiary alicyclic amines) is 1. The van der Waals surface area contributed by atoms with Gasteiger partial charge in [-0.15, -0.1) is 0 Å². The number of nitrogens with one attached hydrogen (secondary N) is 1. The molecule has 2 heterocycles. The smallest absolute Gasteiger partial charge is 0.416 e. The third-order valence-corrected chi connectivity index (χ3v) is 4.78. The van der Waals surface area contributed by atoms with Gasteiger partial charge in [0, 0.05) is 19.3 Å². The molecule has 0 spiro atoms. The van der Waals surface area contributed by atoms with Gasteiger partial charge >= 0.3 is 6.18 Å². The van der Waals surface area contributed by atoms with Gasteiger partial charge in [-0.2, -0.15) is 18.3 Å². The average molecular weight is 424 g/mol. The van der Waals surface area contributed by atoms with Crippen LogP contribution in [0.25, 0.3) is 0 Å². The van der Waals surface area contributed by atoms with Crippen molar-refractivity contribution in [1.29, 1.82) is 0 Å². The second-order valence-electron chi connectivity index (χ2n) is 7.12. The van der Waals surface area contributed by atoms with Crippen molar-refractivity contribution in [2.24, 2.45) is 0 Å². The highest BCUT2D eigenvalue weighted by atomic mass is 19.4. The van der Waals surface area contributed by atoms with E-state index >= 15 is 0 Å². The Kier molecular flexibility index (Phi) is 6.63. The zero-order valence-electron chi connectivity index (χ0n) is 16.5. The van der Waals surface area contributed by atoms with E-state index in [1.165, 1.54) is 29.1 Å². The summed E-state index contributed by atoms with van der Waals surface area (Å²) in [5, 5.41) is 6.69. The van der Waals surface area contributed by atoms with Crippen molar-refractivity contribution in [3.8, 4) is 5.75 Å². The minimum Gasteiger partial charge on any atom is -0.471 e. The number of hydrogen-bond acceptors (Lipinski definition) is 4. The van der Waals surface area contributed by atoms with Crippen molar-refractivity contribution in [3.63, 3.8) is 0 Å². The number of carbonyl (C=O) groups is 2. The Morgan fingerprint density at radius 3 is 2.63 bits per heavy atom. The summed E-state index contributed by atoms with van der Waals surface area (Å²) in [6.07, 6.45) is 0.0359. The topological polar surface area (TPSA) is 76.5 Å². The summed E-state index contributed by atoms with van der Waals surface area (Å²) in [5.74, 6) is -0.604. The molecule has 3 rings (SSSR count). The molecule has 1 aromatic carbocycles. The average Bonchev–Trinajstić information content (AvgIpc) is 3.21. The molecule has 0 bridgehead atoms. The monoisotopic (exact) mass is 424 g/mol. The largest absolute Gasteiger partial charge is 0.471 e. The highest BCUT2D eigenvalue weighted by Gasteiger charge is 2.30. The highest BCUT2D eigenvalue weighted by molar-refractivity contribution is 5.95. The van der Waals surface area contributed by atoms with Gasteiger partial charge in [0.2, 0.25) is 5.91 Å². The standard InChI is InChI=1S/C20H23F3N4O3/c1-14(19(29)26-9-3-2-4-10-26)24-18(28)17-8-11-27(25-17)13-30-16-7-5-6-15(12-16)20(21,22)23/h5-8,11-12,14H,2-4,9-10,13H2,1H3,(H,24,28). The first-order chi connectivity index (χ1) is 14.2. The molecule has 1 aliphatic rings. The van der Waals surface area contributed by atoms with Crippen molar-refractivity contribution >= 4 is 11.8 Å². The second-order valence-corrected chi connectivity index (χ2v) is 7.12. The summed E-state index contributed by atoms with van der Waals surface area (Å²) in [6.45, 7) is 2.85. The maximum absolute atomic E-state index is 12.8. The highest BCUT2D eigenvalue weighted by Crippen LogP contribution is 2.31. The summed E-state index contributed by atoms with van der Waals surface area (Å²) in [6, 6.07) is 5.27. The van der Waals surface area contributed by atoms with Gasteiger partial charge in [-0.25, -0.2) is 4.68 Å². The maximum atomic E-state index is 12.8. The summed E-state index contributed by atoms with van der Waals surface area (Å²) in [5.41, 5.74) is -0.728. The fourth-order valence-electron chi connectivity index (χ4n) is 3.18. The molecule has 1 fully saturated rings. The van der Waals surface area contributed by atoms with Crippen LogP contribution in [-0.4, -0.2) is 45.6 Å². The van der Waals surface area contributed by atoms with Crippen molar-refractivity contribution < 1.29 is 27.5 Å². The van der Waals surface area contributed by atoms with Gasteiger partial charge in [-0.3, -0.25) is 9.59 Å². The lowest BCUT2D eigenvalue weighted by atomic mass is 10.1. The predicted octanol–water partition coefficient (Wildman–Crippen LogP) is 3.07. The van der Waals surface area contributed by atoms with Crippen molar-refractivity contribution in [1.82, 2.24) is 20.0 Å². The first-order valence-corrected chi connectivity index (χ1v) is 9.67. The van der Waals surface area contributed by atoms with E-state index in [2.05, 4.69) is 10.4 Å². The van der Waals surface area contributed by atoms with E-state index in [1.54, 1.807) is 11.8 Å². The number of aromatic nitrogens is 2. The van der Waals surface area contributed by atoms with E-state index in [9.17, 15) is 22.8 Å². The number of amides is 2. The number of benzene rings is 1. The van der Waals surface area contributed by atoms with Crippen LogP contribution in [0, 0.1) is 0 Å². The Bertz CT molecular complexity index is 891. The molecule has 1 unspecified atom stereocenters. The van der Waals surface area contributed by atoms with Crippen LogP contribution >= 0.6 is 0 Å². The number of halogens is 3. The van der Waals surface area contributed by atoms with Crippen LogP contribution in [-0.2, 0) is 17.7 Å². The molecule has 0 radical (unpaired) electrons. The Morgan fingerprint density at radius 1 is 1.20 bits per heavy atom. The van der Waals surface area contributed by atoms with Gasteiger partial charge in [0.1, 0.15) is 17.5 Å². The predicted molar refractivity (Wildman–Crippen MR) is 102 cm³/mol. The third kappa shape index (κ3) is 5.52. The molecule has 1 aromatic heterocycles. The number of rotatable bonds is 6. The first-order valence-electron chi connectivity index (χ1n) is 9.67. The molecule has 0 aliphatic carbocycles. The zero-order chi connectivity index (χ0) is 21.7. The van der Waals surface area contributed by atoms with Crippen molar-refractivity contribution in [2.45, 2.75) is 45.1 Å². The van der Waals surface area contributed by atoms with E-state index in [1.807, 2.05) is 0 Å². The maximum Gasteiger partial charge on any atom is 0.416 e. The van der Waals surface area contributed by atoms with E-state index in [4.69, 9.17) is 4.74 Å². The Balaban J connectivity index is 1.54.